The van der Waals surface area contributed by atoms with Crippen molar-refractivity contribution in [3.05, 3.63) is 59.4 Å². The van der Waals surface area contributed by atoms with Gasteiger partial charge in [-0.05, 0) is 23.8 Å². The Labute approximate surface area is 111 Å². The van der Waals surface area contributed by atoms with Crippen molar-refractivity contribution in [2.24, 2.45) is 5.73 Å². The molecule has 4 heteroatoms. The van der Waals surface area contributed by atoms with Crippen molar-refractivity contribution in [3.63, 3.8) is 0 Å². The van der Waals surface area contributed by atoms with E-state index in [1.54, 1.807) is 19.2 Å². The van der Waals surface area contributed by atoms with Gasteiger partial charge in [0.05, 0.1) is 7.11 Å². The lowest BCUT2D eigenvalue weighted by molar-refractivity contribution is 0.282. The van der Waals surface area contributed by atoms with Gasteiger partial charge < -0.3 is 15.2 Å². The van der Waals surface area contributed by atoms with Crippen LogP contribution in [0.15, 0.2) is 42.5 Å². The van der Waals surface area contributed by atoms with Gasteiger partial charge in [0.25, 0.3) is 0 Å². The Bertz CT molecular complexity index is 558. The normalized spacial score (nSPS) is 10.3. The SMILES string of the molecule is COc1ccccc1COc1ccc(CN)cc1F. The van der Waals surface area contributed by atoms with Gasteiger partial charge in [-0.25, -0.2) is 4.39 Å². The largest absolute Gasteiger partial charge is 0.496 e. The topological polar surface area (TPSA) is 44.5 Å². The van der Waals surface area contributed by atoms with Gasteiger partial charge in [-0.2, -0.15) is 0 Å². The molecule has 100 valence electrons. The molecule has 0 fully saturated rings. The second-order valence-electron chi connectivity index (χ2n) is 4.07. The van der Waals surface area contributed by atoms with Crippen molar-refractivity contribution >= 4 is 0 Å². The van der Waals surface area contributed by atoms with E-state index in [2.05, 4.69) is 0 Å². The molecule has 0 heterocycles. The van der Waals surface area contributed by atoms with Crippen LogP contribution in [0.4, 0.5) is 4.39 Å². The fraction of sp³-hybridized carbons (Fsp3) is 0.200. The molecule has 19 heavy (non-hydrogen) atoms. The van der Waals surface area contributed by atoms with Crippen molar-refractivity contribution in [3.8, 4) is 11.5 Å². The molecule has 0 unspecified atom stereocenters. The maximum Gasteiger partial charge on any atom is 0.165 e. The zero-order chi connectivity index (χ0) is 13.7. The minimum absolute atomic E-state index is 0.211. The number of para-hydroxylation sites is 1. The molecule has 2 rings (SSSR count). The van der Waals surface area contributed by atoms with Crippen LogP contribution < -0.4 is 15.2 Å². The molecule has 0 bridgehead atoms. The summed E-state index contributed by atoms with van der Waals surface area (Å²) in [5, 5.41) is 0. The minimum Gasteiger partial charge on any atom is -0.496 e. The summed E-state index contributed by atoms with van der Waals surface area (Å²) in [6, 6.07) is 12.2. The Balaban J connectivity index is 2.10. The third kappa shape index (κ3) is 3.23. The van der Waals surface area contributed by atoms with Gasteiger partial charge in [0.1, 0.15) is 12.4 Å². The molecule has 0 aliphatic heterocycles. The van der Waals surface area contributed by atoms with Gasteiger partial charge >= 0.3 is 0 Å². The van der Waals surface area contributed by atoms with Crippen molar-refractivity contribution in [2.45, 2.75) is 13.2 Å². The molecule has 0 aromatic heterocycles. The van der Waals surface area contributed by atoms with E-state index in [-0.39, 0.29) is 12.4 Å². The predicted molar refractivity (Wildman–Crippen MR) is 71.6 cm³/mol. The van der Waals surface area contributed by atoms with Crippen LogP contribution in [0.2, 0.25) is 0 Å². The highest BCUT2D eigenvalue weighted by Gasteiger charge is 2.07. The summed E-state index contributed by atoms with van der Waals surface area (Å²) < 4.78 is 24.4. The first-order chi connectivity index (χ1) is 9.24. The molecule has 0 aliphatic carbocycles. The summed E-state index contributed by atoms with van der Waals surface area (Å²) in [4.78, 5) is 0. The minimum atomic E-state index is -0.405. The molecular weight excluding hydrogens is 245 g/mol. The summed E-state index contributed by atoms with van der Waals surface area (Å²) in [5.74, 6) is 0.530. The first-order valence-electron chi connectivity index (χ1n) is 5.97. The molecule has 0 atom stereocenters. The average Bonchev–Trinajstić information content (AvgIpc) is 2.46. The van der Waals surface area contributed by atoms with Crippen LogP contribution in [-0.4, -0.2) is 7.11 Å². The highest BCUT2D eigenvalue weighted by atomic mass is 19.1. The first kappa shape index (κ1) is 13.4. The van der Waals surface area contributed by atoms with Crippen molar-refractivity contribution < 1.29 is 13.9 Å². The third-order valence-corrected chi connectivity index (χ3v) is 2.81. The number of nitrogens with two attached hydrogens (primary N) is 1. The van der Waals surface area contributed by atoms with Gasteiger partial charge in [-0.3, -0.25) is 0 Å². The van der Waals surface area contributed by atoms with Crippen LogP contribution in [0.5, 0.6) is 11.5 Å². The molecule has 0 aliphatic rings. The molecule has 0 saturated heterocycles. The van der Waals surface area contributed by atoms with Crippen molar-refractivity contribution in [1.82, 2.24) is 0 Å². The van der Waals surface area contributed by atoms with E-state index in [1.165, 1.54) is 6.07 Å². The quantitative estimate of drug-likeness (QED) is 0.900. The van der Waals surface area contributed by atoms with Crippen LogP contribution in [0, 0.1) is 5.82 Å². The number of ether oxygens (including phenoxy) is 2. The fourth-order valence-electron chi connectivity index (χ4n) is 1.77. The number of benzene rings is 2. The van der Waals surface area contributed by atoms with Crippen LogP contribution >= 0.6 is 0 Å². The Morgan fingerprint density at radius 2 is 1.89 bits per heavy atom. The molecular formula is C15H16FNO2. The lowest BCUT2D eigenvalue weighted by Crippen LogP contribution is -2.01. The maximum atomic E-state index is 13.7. The van der Waals surface area contributed by atoms with Gasteiger partial charge in [0.2, 0.25) is 0 Å². The summed E-state index contributed by atoms with van der Waals surface area (Å²) in [5.41, 5.74) is 7.05. The van der Waals surface area contributed by atoms with Crippen LogP contribution in [0.1, 0.15) is 11.1 Å². The number of halogens is 1. The van der Waals surface area contributed by atoms with Crippen molar-refractivity contribution in [1.29, 1.82) is 0 Å². The second-order valence-corrected chi connectivity index (χ2v) is 4.07. The Hall–Kier alpha value is -2.07. The fourth-order valence-corrected chi connectivity index (χ4v) is 1.77. The molecule has 2 aromatic carbocycles. The van der Waals surface area contributed by atoms with Gasteiger partial charge in [0.15, 0.2) is 11.6 Å². The first-order valence-corrected chi connectivity index (χ1v) is 5.97. The second kappa shape index (κ2) is 6.20. The van der Waals surface area contributed by atoms with Crippen LogP contribution in [-0.2, 0) is 13.2 Å². The summed E-state index contributed by atoms with van der Waals surface area (Å²) in [6.07, 6.45) is 0. The Morgan fingerprint density at radius 1 is 1.11 bits per heavy atom. The van der Waals surface area contributed by atoms with Crippen molar-refractivity contribution in [2.75, 3.05) is 7.11 Å². The summed E-state index contributed by atoms with van der Waals surface area (Å²) in [7, 11) is 1.59. The Kier molecular flexibility index (Phi) is 4.36. The zero-order valence-electron chi connectivity index (χ0n) is 10.7. The van der Waals surface area contributed by atoms with Gasteiger partial charge in [-0.15, -0.1) is 0 Å². The number of rotatable bonds is 5. The van der Waals surface area contributed by atoms with Crippen LogP contribution in [0.3, 0.4) is 0 Å². The number of hydrogen-bond acceptors (Lipinski definition) is 3. The van der Waals surface area contributed by atoms with E-state index in [0.717, 1.165) is 16.9 Å². The standard InChI is InChI=1S/C15H16FNO2/c1-18-14-5-3-2-4-12(14)10-19-15-7-6-11(9-17)8-13(15)16/h2-8H,9-10,17H2,1H3. The van der Waals surface area contributed by atoms with E-state index < -0.39 is 5.82 Å². The molecule has 0 saturated carbocycles. The third-order valence-electron chi connectivity index (χ3n) is 2.81. The highest BCUT2D eigenvalue weighted by Crippen LogP contribution is 2.22. The van der Waals surface area contributed by atoms with E-state index in [1.807, 2.05) is 24.3 Å². The summed E-state index contributed by atoms with van der Waals surface area (Å²) in [6.45, 7) is 0.562. The Morgan fingerprint density at radius 3 is 2.58 bits per heavy atom. The molecule has 0 radical (unpaired) electrons. The van der Waals surface area contributed by atoms with E-state index in [4.69, 9.17) is 15.2 Å². The van der Waals surface area contributed by atoms with E-state index in [9.17, 15) is 4.39 Å². The lowest BCUT2D eigenvalue weighted by Gasteiger charge is -2.11. The molecule has 2 aromatic rings. The predicted octanol–water partition coefficient (Wildman–Crippen LogP) is 2.87. The molecule has 0 amide bonds. The molecule has 3 nitrogen and oxygen atoms in total. The van der Waals surface area contributed by atoms with Gasteiger partial charge in [-0.1, -0.05) is 24.3 Å². The molecule has 0 spiro atoms. The smallest absolute Gasteiger partial charge is 0.165 e. The zero-order valence-corrected chi connectivity index (χ0v) is 10.7. The van der Waals surface area contributed by atoms with E-state index >= 15 is 0 Å². The average molecular weight is 261 g/mol. The number of methoxy groups -OCH3 is 1. The maximum absolute atomic E-state index is 13.7. The highest BCUT2D eigenvalue weighted by molar-refractivity contribution is 5.34. The number of hydrogen-bond donors (Lipinski definition) is 1. The van der Waals surface area contributed by atoms with Gasteiger partial charge in [0, 0.05) is 12.1 Å². The molecule has 2 N–H and O–H groups in total. The lowest BCUT2D eigenvalue weighted by atomic mass is 10.2. The monoisotopic (exact) mass is 261 g/mol. The summed E-state index contributed by atoms with van der Waals surface area (Å²) >= 11 is 0. The van der Waals surface area contributed by atoms with Crippen LogP contribution in [0.25, 0.3) is 0 Å². The van der Waals surface area contributed by atoms with E-state index in [0.29, 0.717) is 6.54 Å².